The van der Waals surface area contributed by atoms with Gasteiger partial charge in [-0.25, -0.2) is 0 Å². The highest BCUT2D eigenvalue weighted by Crippen LogP contribution is 2.11. The fraction of sp³-hybridized carbons (Fsp3) is 0.545. The maximum absolute atomic E-state index is 5.49. The van der Waals surface area contributed by atoms with E-state index in [2.05, 4.69) is 27.9 Å². The number of anilines is 1. The van der Waals surface area contributed by atoms with Crippen LogP contribution < -0.4 is 10.6 Å². The van der Waals surface area contributed by atoms with E-state index in [1.807, 2.05) is 26.4 Å². The van der Waals surface area contributed by atoms with E-state index >= 15 is 0 Å². The highest BCUT2D eigenvalue weighted by molar-refractivity contribution is 5.44. The summed E-state index contributed by atoms with van der Waals surface area (Å²) in [6, 6.07) is 4.11. The highest BCUT2D eigenvalue weighted by atomic mass is 15.1. The largest absolute Gasteiger partial charge is 0.378 e. The molecule has 0 atom stereocenters. The minimum Gasteiger partial charge on any atom is -0.378 e. The number of rotatable bonds is 5. The standard InChI is InChI=1S/C11H20N4/c1-14(2)11-4-6-13-10(8-11)9-15(3)7-5-12/h4,6,8H,5,7,9,12H2,1-3H3. The van der Waals surface area contributed by atoms with Crippen molar-refractivity contribution in [3.8, 4) is 0 Å². The zero-order chi connectivity index (χ0) is 11.3. The molecule has 0 aliphatic rings. The van der Waals surface area contributed by atoms with Gasteiger partial charge in [-0.05, 0) is 19.2 Å². The molecule has 1 aromatic heterocycles. The Morgan fingerprint density at radius 2 is 2.07 bits per heavy atom. The monoisotopic (exact) mass is 208 g/mol. The first-order chi connectivity index (χ1) is 7.13. The molecule has 84 valence electrons. The third-order valence-corrected chi connectivity index (χ3v) is 2.26. The van der Waals surface area contributed by atoms with Crippen molar-refractivity contribution in [2.45, 2.75) is 6.54 Å². The van der Waals surface area contributed by atoms with Crippen LogP contribution in [0, 0.1) is 0 Å². The minimum absolute atomic E-state index is 0.684. The number of aromatic nitrogens is 1. The lowest BCUT2D eigenvalue weighted by molar-refractivity contribution is 0.332. The van der Waals surface area contributed by atoms with Crippen molar-refractivity contribution in [1.29, 1.82) is 0 Å². The fourth-order valence-corrected chi connectivity index (χ4v) is 1.41. The van der Waals surface area contributed by atoms with Crippen molar-refractivity contribution in [3.05, 3.63) is 24.0 Å². The molecule has 2 N–H and O–H groups in total. The number of pyridine rings is 1. The van der Waals surface area contributed by atoms with Gasteiger partial charge in [0.2, 0.25) is 0 Å². The molecule has 15 heavy (non-hydrogen) atoms. The van der Waals surface area contributed by atoms with E-state index in [0.717, 1.165) is 18.8 Å². The van der Waals surface area contributed by atoms with Gasteiger partial charge < -0.3 is 10.6 Å². The molecule has 0 aliphatic heterocycles. The Morgan fingerprint density at radius 3 is 2.67 bits per heavy atom. The second kappa shape index (κ2) is 5.68. The van der Waals surface area contributed by atoms with E-state index in [-0.39, 0.29) is 0 Å². The molecule has 0 amide bonds. The predicted octanol–water partition coefficient (Wildman–Crippen LogP) is 0.538. The lowest BCUT2D eigenvalue weighted by Gasteiger charge is -2.17. The van der Waals surface area contributed by atoms with Crippen LogP contribution in [-0.4, -0.2) is 44.1 Å². The molecular formula is C11H20N4. The van der Waals surface area contributed by atoms with E-state index in [1.165, 1.54) is 5.69 Å². The highest BCUT2D eigenvalue weighted by Gasteiger charge is 2.02. The first-order valence-corrected chi connectivity index (χ1v) is 5.14. The molecule has 4 nitrogen and oxygen atoms in total. The molecule has 1 aromatic rings. The number of hydrogen-bond donors (Lipinski definition) is 1. The second-order valence-electron chi connectivity index (χ2n) is 3.93. The molecule has 0 unspecified atom stereocenters. The Hall–Kier alpha value is -1.13. The molecule has 0 saturated carbocycles. The molecule has 0 fully saturated rings. The number of nitrogens with two attached hydrogens (primary N) is 1. The van der Waals surface area contributed by atoms with E-state index in [4.69, 9.17) is 5.73 Å². The fourth-order valence-electron chi connectivity index (χ4n) is 1.41. The number of likely N-dealkylation sites (N-methyl/N-ethyl adjacent to an activating group) is 1. The van der Waals surface area contributed by atoms with Crippen LogP contribution >= 0.6 is 0 Å². The van der Waals surface area contributed by atoms with Crippen LogP contribution in [0.5, 0.6) is 0 Å². The van der Waals surface area contributed by atoms with Crippen molar-refractivity contribution >= 4 is 5.69 Å². The smallest absolute Gasteiger partial charge is 0.0564 e. The minimum atomic E-state index is 0.684. The number of nitrogens with zero attached hydrogens (tertiary/aromatic N) is 3. The average molecular weight is 208 g/mol. The SMILES string of the molecule is CN(CCN)Cc1cc(N(C)C)ccn1. The molecule has 1 heterocycles. The maximum Gasteiger partial charge on any atom is 0.0564 e. The molecule has 0 aromatic carbocycles. The lowest BCUT2D eigenvalue weighted by Crippen LogP contribution is -2.25. The molecule has 0 aliphatic carbocycles. The van der Waals surface area contributed by atoms with Crippen LogP contribution in [0.3, 0.4) is 0 Å². The summed E-state index contributed by atoms with van der Waals surface area (Å²) in [5.41, 5.74) is 7.75. The second-order valence-corrected chi connectivity index (χ2v) is 3.93. The predicted molar refractivity (Wildman–Crippen MR) is 64.0 cm³/mol. The summed E-state index contributed by atoms with van der Waals surface area (Å²) in [5.74, 6) is 0. The molecule has 0 saturated heterocycles. The summed E-state index contributed by atoms with van der Waals surface area (Å²) >= 11 is 0. The quantitative estimate of drug-likeness (QED) is 0.767. The third-order valence-electron chi connectivity index (χ3n) is 2.26. The summed E-state index contributed by atoms with van der Waals surface area (Å²) in [5, 5.41) is 0. The van der Waals surface area contributed by atoms with Crippen LogP contribution in [0.4, 0.5) is 5.69 Å². The van der Waals surface area contributed by atoms with Crippen molar-refractivity contribution in [2.75, 3.05) is 39.1 Å². The Balaban J connectivity index is 2.65. The average Bonchev–Trinajstić information content (AvgIpc) is 2.18. The van der Waals surface area contributed by atoms with Gasteiger partial charge in [-0.2, -0.15) is 0 Å². The van der Waals surface area contributed by atoms with Gasteiger partial charge in [0, 0.05) is 45.6 Å². The van der Waals surface area contributed by atoms with Crippen LogP contribution in [-0.2, 0) is 6.54 Å². The van der Waals surface area contributed by atoms with Gasteiger partial charge in [0.25, 0.3) is 0 Å². The van der Waals surface area contributed by atoms with Crippen molar-refractivity contribution < 1.29 is 0 Å². The Bertz CT molecular complexity index is 298. The van der Waals surface area contributed by atoms with E-state index in [0.29, 0.717) is 6.54 Å². The summed E-state index contributed by atoms with van der Waals surface area (Å²) in [4.78, 5) is 8.58. The van der Waals surface area contributed by atoms with E-state index in [9.17, 15) is 0 Å². The summed E-state index contributed by atoms with van der Waals surface area (Å²) in [6.07, 6.45) is 1.85. The Labute approximate surface area is 91.7 Å². The van der Waals surface area contributed by atoms with Crippen LogP contribution in [0.1, 0.15) is 5.69 Å². The van der Waals surface area contributed by atoms with Crippen molar-refractivity contribution in [3.63, 3.8) is 0 Å². The first-order valence-electron chi connectivity index (χ1n) is 5.14. The molecule has 0 radical (unpaired) electrons. The first kappa shape index (κ1) is 11.9. The van der Waals surface area contributed by atoms with Gasteiger partial charge in [-0.15, -0.1) is 0 Å². The Kier molecular flexibility index (Phi) is 4.52. The summed E-state index contributed by atoms with van der Waals surface area (Å²) in [7, 11) is 6.11. The topological polar surface area (TPSA) is 45.4 Å². The van der Waals surface area contributed by atoms with Gasteiger partial charge in [0.15, 0.2) is 0 Å². The summed E-state index contributed by atoms with van der Waals surface area (Å²) in [6.45, 7) is 2.43. The van der Waals surface area contributed by atoms with Gasteiger partial charge >= 0.3 is 0 Å². The normalized spacial score (nSPS) is 10.7. The van der Waals surface area contributed by atoms with Crippen molar-refractivity contribution in [2.24, 2.45) is 5.73 Å². The van der Waals surface area contributed by atoms with Crippen LogP contribution in [0.15, 0.2) is 18.3 Å². The van der Waals surface area contributed by atoms with Gasteiger partial charge in [-0.1, -0.05) is 0 Å². The molecular weight excluding hydrogens is 188 g/mol. The molecule has 0 spiro atoms. The lowest BCUT2D eigenvalue weighted by atomic mass is 10.3. The zero-order valence-electron chi connectivity index (χ0n) is 9.77. The maximum atomic E-state index is 5.49. The van der Waals surface area contributed by atoms with E-state index in [1.54, 1.807) is 0 Å². The molecule has 1 rings (SSSR count). The van der Waals surface area contributed by atoms with Gasteiger partial charge in [0.05, 0.1) is 5.69 Å². The van der Waals surface area contributed by atoms with Crippen LogP contribution in [0.25, 0.3) is 0 Å². The number of hydrogen-bond acceptors (Lipinski definition) is 4. The van der Waals surface area contributed by atoms with Gasteiger partial charge in [0.1, 0.15) is 0 Å². The molecule has 4 heteroatoms. The zero-order valence-corrected chi connectivity index (χ0v) is 9.77. The Morgan fingerprint density at radius 1 is 1.33 bits per heavy atom. The van der Waals surface area contributed by atoms with Gasteiger partial charge in [-0.3, -0.25) is 9.88 Å². The third kappa shape index (κ3) is 3.85. The van der Waals surface area contributed by atoms with Crippen molar-refractivity contribution in [1.82, 2.24) is 9.88 Å². The molecule has 0 bridgehead atoms. The van der Waals surface area contributed by atoms with Crippen LogP contribution in [0.2, 0.25) is 0 Å². The van der Waals surface area contributed by atoms with E-state index < -0.39 is 0 Å². The summed E-state index contributed by atoms with van der Waals surface area (Å²) < 4.78 is 0.